The number of benzene rings is 2. The Morgan fingerprint density at radius 2 is 1.83 bits per heavy atom. The van der Waals surface area contributed by atoms with E-state index >= 15 is 0 Å². The van der Waals surface area contributed by atoms with Crippen molar-refractivity contribution in [1.82, 2.24) is 5.32 Å². The van der Waals surface area contributed by atoms with Crippen molar-refractivity contribution < 1.29 is 9.59 Å². The summed E-state index contributed by atoms with van der Waals surface area (Å²) in [6, 6.07) is 14.7. The molecule has 0 aromatic heterocycles. The van der Waals surface area contributed by atoms with Crippen molar-refractivity contribution in [3.63, 3.8) is 0 Å². The van der Waals surface area contributed by atoms with Crippen LogP contribution in [-0.2, 0) is 11.2 Å². The fourth-order valence-corrected chi connectivity index (χ4v) is 3.01. The van der Waals surface area contributed by atoms with Gasteiger partial charge in [0.2, 0.25) is 5.91 Å². The lowest BCUT2D eigenvalue weighted by molar-refractivity contribution is -0.117. The Balaban J connectivity index is 1.67. The molecule has 0 saturated heterocycles. The lowest BCUT2D eigenvalue weighted by atomic mass is 10.0. The Kier molecular flexibility index (Phi) is 4.63. The van der Waals surface area contributed by atoms with Gasteiger partial charge in [-0.05, 0) is 36.6 Å². The van der Waals surface area contributed by atoms with Gasteiger partial charge in [-0.3, -0.25) is 9.59 Å². The van der Waals surface area contributed by atoms with E-state index in [1.165, 1.54) is 5.56 Å². The molecule has 118 valence electrons. The van der Waals surface area contributed by atoms with Gasteiger partial charge in [0.1, 0.15) is 0 Å². The molecule has 1 aliphatic rings. The first-order valence-electron chi connectivity index (χ1n) is 7.58. The summed E-state index contributed by atoms with van der Waals surface area (Å²) >= 11 is 5.99. The number of carbonyl (C=O) groups excluding carboxylic acids is 2. The molecule has 0 saturated carbocycles. The fourth-order valence-electron chi connectivity index (χ4n) is 2.78. The van der Waals surface area contributed by atoms with E-state index in [0.717, 1.165) is 18.5 Å². The van der Waals surface area contributed by atoms with Gasteiger partial charge >= 0.3 is 0 Å². The summed E-state index contributed by atoms with van der Waals surface area (Å²) in [6.45, 7) is 0.635. The van der Waals surface area contributed by atoms with Gasteiger partial charge in [0.15, 0.2) is 0 Å². The van der Waals surface area contributed by atoms with Gasteiger partial charge in [-0.15, -0.1) is 0 Å². The third-order valence-corrected chi connectivity index (χ3v) is 4.26. The van der Waals surface area contributed by atoms with Crippen LogP contribution < -0.4 is 10.2 Å². The molecule has 2 aromatic rings. The van der Waals surface area contributed by atoms with Gasteiger partial charge < -0.3 is 10.2 Å². The van der Waals surface area contributed by atoms with Crippen molar-refractivity contribution in [2.45, 2.75) is 12.8 Å². The minimum Gasteiger partial charge on any atom is -0.343 e. The molecule has 23 heavy (non-hydrogen) atoms. The second kappa shape index (κ2) is 6.84. The summed E-state index contributed by atoms with van der Waals surface area (Å²) < 4.78 is 0. The van der Waals surface area contributed by atoms with Gasteiger partial charge in [0.25, 0.3) is 5.91 Å². The Morgan fingerprint density at radius 3 is 2.65 bits per heavy atom. The molecule has 0 fully saturated rings. The smallest absolute Gasteiger partial charge is 0.253 e. The molecular formula is C18H17ClN2O2. The topological polar surface area (TPSA) is 49.4 Å². The molecule has 2 amide bonds. The number of nitrogens with one attached hydrogen (secondary N) is 1. The predicted octanol–water partition coefficient (Wildman–Crippen LogP) is 3.05. The molecular weight excluding hydrogens is 312 g/mol. The first-order valence-corrected chi connectivity index (χ1v) is 7.95. The minimum atomic E-state index is -0.339. The monoisotopic (exact) mass is 328 g/mol. The van der Waals surface area contributed by atoms with Gasteiger partial charge in [-0.2, -0.15) is 0 Å². The molecule has 0 aliphatic carbocycles. The van der Waals surface area contributed by atoms with E-state index < -0.39 is 0 Å². The van der Waals surface area contributed by atoms with E-state index in [1.807, 2.05) is 24.3 Å². The molecule has 0 atom stereocenters. The van der Waals surface area contributed by atoms with Crippen LogP contribution >= 0.6 is 11.6 Å². The van der Waals surface area contributed by atoms with Gasteiger partial charge in [0.05, 0.1) is 17.1 Å². The minimum absolute atomic E-state index is 0.0433. The number of carbonyl (C=O) groups is 2. The maximum Gasteiger partial charge on any atom is 0.253 e. The van der Waals surface area contributed by atoms with E-state index in [0.29, 0.717) is 17.1 Å². The number of rotatable bonds is 3. The lowest BCUT2D eigenvalue weighted by Crippen LogP contribution is -2.42. The average molecular weight is 329 g/mol. The van der Waals surface area contributed by atoms with Crippen molar-refractivity contribution in [2.24, 2.45) is 0 Å². The van der Waals surface area contributed by atoms with E-state index in [1.54, 1.807) is 29.2 Å². The highest BCUT2D eigenvalue weighted by Crippen LogP contribution is 2.26. The highest BCUT2D eigenvalue weighted by Gasteiger charge is 2.22. The van der Waals surface area contributed by atoms with Crippen LogP contribution in [0.25, 0.3) is 0 Å². The van der Waals surface area contributed by atoms with E-state index in [-0.39, 0.29) is 18.4 Å². The second-order valence-electron chi connectivity index (χ2n) is 5.44. The molecule has 5 heteroatoms. The molecule has 4 nitrogen and oxygen atoms in total. The quantitative estimate of drug-likeness (QED) is 0.941. The number of anilines is 1. The van der Waals surface area contributed by atoms with Crippen molar-refractivity contribution in [1.29, 1.82) is 0 Å². The van der Waals surface area contributed by atoms with Gasteiger partial charge in [-0.1, -0.05) is 41.9 Å². The fraction of sp³-hybridized carbons (Fsp3) is 0.222. The molecule has 3 rings (SSSR count). The number of hydrogen-bond donors (Lipinski definition) is 1. The normalized spacial score (nSPS) is 13.3. The zero-order valence-electron chi connectivity index (χ0n) is 12.6. The summed E-state index contributed by atoms with van der Waals surface area (Å²) in [4.78, 5) is 26.3. The summed E-state index contributed by atoms with van der Waals surface area (Å²) in [5.41, 5.74) is 2.49. The van der Waals surface area contributed by atoms with E-state index in [9.17, 15) is 9.59 Å². The number of nitrogens with zero attached hydrogens (tertiary/aromatic N) is 1. The van der Waals surface area contributed by atoms with Crippen molar-refractivity contribution in [2.75, 3.05) is 18.0 Å². The van der Waals surface area contributed by atoms with Crippen LogP contribution in [0.3, 0.4) is 0 Å². The number of aryl methyl sites for hydroxylation is 1. The van der Waals surface area contributed by atoms with Crippen molar-refractivity contribution >= 4 is 29.1 Å². The average Bonchev–Trinajstić information content (AvgIpc) is 2.59. The molecule has 1 heterocycles. The molecule has 0 spiro atoms. The summed E-state index contributed by atoms with van der Waals surface area (Å²) in [5.74, 6) is -0.452. The van der Waals surface area contributed by atoms with Crippen molar-refractivity contribution in [3.8, 4) is 0 Å². The summed E-state index contributed by atoms with van der Waals surface area (Å²) in [5, 5.41) is 3.03. The third kappa shape index (κ3) is 3.37. The maximum absolute atomic E-state index is 12.5. The number of hydrogen-bond acceptors (Lipinski definition) is 2. The Morgan fingerprint density at radius 1 is 1.09 bits per heavy atom. The van der Waals surface area contributed by atoms with Crippen LogP contribution in [0, 0.1) is 0 Å². The lowest BCUT2D eigenvalue weighted by Gasteiger charge is -2.29. The van der Waals surface area contributed by atoms with Gasteiger partial charge in [0, 0.05) is 12.2 Å². The molecule has 0 radical (unpaired) electrons. The Bertz CT molecular complexity index is 745. The first kappa shape index (κ1) is 15.6. The number of fused-ring (bicyclic) bond motifs is 1. The largest absolute Gasteiger partial charge is 0.343 e. The molecule has 0 bridgehead atoms. The number of amides is 2. The summed E-state index contributed by atoms with van der Waals surface area (Å²) in [7, 11) is 0. The Labute approximate surface area is 140 Å². The zero-order chi connectivity index (χ0) is 16.2. The molecule has 1 aliphatic heterocycles. The summed E-state index contributed by atoms with van der Waals surface area (Å²) in [6.07, 6.45) is 1.91. The van der Waals surface area contributed by atoms with Crippen LogP contribution in [0.5, 0.6) is 0 Å². The van der Waals surface area contributed by atoms with Crippen LogP contribution in [0.15, 0.2) is 48.5 Å². The Hall–Kier alpha value is -2.33. The highest BCUT2D eigenvalue weighted by molar-refractivity contribution is 6.33. The SMILES string of the molecule is O=C(NCC(=O)N1CCCc2ccccc21)c1ccccc1Cl. The van der Waals surface area contributed by atoms with Crippen molar-refractivity contribution in [3.05, 3.63) is 64.7 Å². The first-order chi connectivity index (χ1) is 11.2. The van der Waals surface area contributed by atoms with Crippen LogP contribution in [0.2, 0.25) is 5.02 Å². The second-order valence-corrected chi connectivity index (χ2v) is 5.85. The van der Waals surface area contributed by atoms with E-state index in [4.69, 9.17) is 11.6 Å². The number of halogens is 1. The third-order valence-electron chi connectivity index (χ3n) is 3.93. The van der Waals surface area contributed by atoms with Gasteiger partial charge in [-0.25, -0.2) is 0 Å². The maximum atomic E-state index is 12.5. The standard InChI is InChI=1S/C18H17ClN2O2/c19-15-9-3-2-8-14(15)18(23)20-12-17(22)21-11-5-7-13-6-1-4-10-16(13)21/h1-4,6,8-10H,5,7,11-12H2,(H,20,23). The number of para-hydroxylation sites is 1. The molecule has 0 unspecified atom stereocenters. The highest BCUT2D eigenvalue weighted by atomic mass is 35.5. The molecule has 2 aromatic carbocycles. The van der Waals surface area contributed by atoms with Crippen LogP contribution in [-0.4, -0.2) is 24.9 Å². The van der Waals surface area contributed by atoms with Crippen LogP contribution in [0.1, 0.15) is 22.3 Å². The zero-order valence-corrected chi connectivity index (χ0v) is 13.3. The van der Waals surface area contributed by atoms with E-state index in [2.05, 4.69) is 5.32 Å². The van der Waals surface area contributed by atoms with Crippen LogP contribution in [0.4, 0.5) is 5.69 Å². The predicted molar refractivity (Wildman–Crippen MR) is 90.9 cm³/mol. The molecule has 1 N–H and O–H groups in total.